The number of carbonyl (C=O) groups excluding carboxylic acids is 2. The van der Waals surface area contributed by atoms with Crippen LogP contribution in [-0.2, 0) is 19.1 Å². The Morgan fingerprint density at radius 3 is 2.22 bits per heavy atom. The van der Waals surface area contributed by atoms with Gasteiger partial charge in [-0.3, -0.25) is 9.59 Å². The van der Waals surface area contributed by atoms with Gasteiger partial charge in [0.05, 0.1) is 19.3 Å². The lowest BCUT2D eigenvalue weighted by Gasteiger charge is -2.22. The van der Waals surface area contributed by atoms with Crippen LogP contribution >= 0.6 is 0 Å². The zero-order valence-corrected chi connectivity index (χ0v) is 17.4. The highest BCUT2D eigenvalue weighted by Gasteiger charge is 2.53. The summed E-state index contributed by atoms with van der Waals surface area (Å²) in [6, 6.07) is 15.5. The zero-order valence-electron chi connectivity index (χ0n) is 17.4. The number of carboxylic acids is 1. The lowest BCUT2D eigenvalue weighted by Crippen LogP contribution is -2.54. The predicted octanol–water partition coefficient (Wildman–Crippen LogP) is 2.27. The van der Waals surface area contributed by atoms with Crippen LogP contribution in [0.25, 0.3) is 11.1 Å². The van der Waals surface area contributed by atoms with Crippen LogP contribution < -0.4 is 10.6 Å². The number of alkyl carbamates (subject to hydrolysis) is 1. The smallest absolute Gasteiger partial charge is 0.408 e. The van der Waals surface area contributed by atoms with Gasteiger partial charge >= 0.3 is 12.1 Å². The lowest BCUT2D eigenvalue weighted by atomic mass is 9.98. The van der Waals surface area contributed by atoms with Crippen molar-refractivity contribution in [3.05, 3.63) is 59.7 Å². The molecule has 2 unspecified atom stereocenters. The number of hydrogen-bond acceptors (Lipinski definition) is 5. The molecule has 1 aliphatic heterocycles. The maximum Gasteiger partial charge on any atom is 0.408 e. The molecule has 0 spiro atoms. The highest BCUT2D eigenvalue weighted by atomic mass is 16.5. The fraction of sp³-hybridized carbons (Fsp3) is 0.375. The highest BCUT2D eigenvalue weighted by molar-refractivity contribution is 5.93. The Hall–Kier alpha value is -3.39. The van der Waals surface area contributed by atoms with Gasteiger partial charge in [-0.1, -0.05) is 48.5 Å². The third-order valence-corrected chi connectivity index (χ3v) is 6.58. The van der Waals surface area contributed by atoms with Crippen molar-refractivity contribution in [3.8, 4) is 11.1 Å². The first-order valence-electron chi connectivity index (χ1n) is 10.7. The summed E-state index contributed by atoms with van der Waals surface area (Å²) in [5.41, 5.74) is 3.46. The molecule has 2 aromatic rings. The van der Waals surface area contributed by atoms with E-state index in [0.717, 1.165) is 22.3 Å². The van der Waals surface area contributed by atoms with Crippen LogP contribution in [0.5, 0.6) is 0 Å². The second kappa shape index (κ2) is 7.94. The van der Waals surface area contributed by atoms with Crippen LogP contribution in [0.2, 0.25) is 0 Å². The van der Waals surface area contributed by atoms with E-state index >= 15 is 0 Å². The minimum atomic E-state index is -1.05. The molecule has 2 aliphatic carbocycles. The standard InChI is InChI=1S/C24H24N2O6/c27-21(28)19-11-31-13-20(19)25-22(29)24(9-10-24)26-23(30)32-12-18-16-7-3-1-5-14(16)15-6-2-4-8-17(15)18/h1-8,18-20H,9-13H2,(H,25,29)(H,26,30)(H,27,28). The molecule has 166 valence electrons. The summed E-state index contributed by atoms with van der Waals surface area (Å²) in [6.07, 6.45) is 0.305. The van der Waals surface area contributed by atoms with E-state index in [-0.39, 0.29) is 25.7 Å². The van der Waals surface area contributed by atoms with Crippen LogP contribution in [0.15, 0.2) is 48.5 Å². The van der Waals surface area contributed by atoms with Crippen molar-refractivity contribution in [2.45, 2.75) is 30.3 Å². The molecule has 0 radical (unpaired) electrons. The molecule has 2 atom stereocenters. The summed E-state index contributed by atoms with van der Waals surface area (Å²) >= 11 is 0. The minimum absolute atomic E-state index is 0.0626. The van der Waals surface area contributed by atoms with Gasteiger partial charge in [0.2, 0.25) is 5.91 Å². The largest absolute Gasteiger partial charge is 0.481 e. The molecule has 1 saturated heterocycles. The fourth-order valence-electron chi connectivity index (χ4n) is 4.61. The normalized spacial score (nSPS) is 22.5. The summed E-state index contributed by atoms with van der Waals surface area (Å²) in [5.74, 6) is -2.26. The van der Waals surface area contributed by atoms with Crippen LogP contribution in [-0.4, -0.2) is 54.5 Å². The van der Waals surface area contributed by atoms with Crippen molar-refractivity contribution in [3.63, 3.8) is 0 Å². The van der Waals surface area contributed by atoms with Gasteiger partial charge in [0.25, 0.3) is 0 Å². The summed E-state index contributed by atoms with van der Waals surface area (Å²) in [4.78, 5) is 36.6. The first-order chi connectivity index (χ1) is 15.5. The van der Waals surface area contributed by atoms with E-state index in [0.29, 0.717) is 12.8 Å². The van der Waals surface area contributed by atoms with Gasteiger partial charge in [0, 0.05) is 5.92 Å². The van der Waals surface area contributed by atoms with Gasteiger partial charge in [-0.05, 0) is 35.1 Å². The number of nitrogens with one attached hydrogen (secondary N) is 2. The molecule has 1 heterocycles. The maximum absolute atomic E-state index is 12.7. The molecule has 2 fully saturated rings. The topological polar surface area (TPSA) is 114 Å². The third kappa shape index (κ3) is 3.60. The van der Waals surface area contributed by atoms with Gasteiger partial charge in [-0.2, -0.15) is 0 Å². The van der Waals surface area contributed by atoms with Crippen molar-refractivity contribution in [1.29, 1.82) is 0 Å². The summed E-state index contributed by atoms with van der Waals surface area (Å²) in [7, 11) is 0. The maximum atomic E-state index is 12.7. The van der Waals surface area contributed by atoms with Crippen LogP contribution in [0, 0.1) is 5.92 Å². The van der Waals surface area contributed by atoms with Crippen LogP contribution in [0.3, 0.4) is 0 Å². The van der Waals surface area contributed by atoms with E-state index < -0.39 is 35.5 Å². The Morgan fingerprint density at radius 2 is 1.62 bits per heavy atom. The summed E-state index contributed by atoms with van der Waals surface area (Å²) < 4.78 is 10.7. The minimum Gasteiger partial charge on any atom is -0.481 e. The molecular weight excluding hydrogens is 412 g/mol. The molecule has 2 aromatic carbocycles. The van der Waals surface area contributed by atoms with Gasteiger partial charge in [0.15, 0.2) is 0 Å². The number of carboxylic acid groups (broad SMARTS) is 1. The number of hydrogen-bond donors (Lipinski definition) is 3. The lowest BCUT2D eigenvalue weighted by molar-refractivity contribution is -0.142. The molecule has 32 heavy (non-hydrogen) atoms. The van der Waals surface area contributed by atoms with Crippen molar-refractivity contribution >= 4 is 18.0 Å². The monoisotopic (exact) mass is 436 g/mol. The molecule has 5 rings (SSSR count). The van der Waals surface area contributed by atoms with E-state index in [9.17, 15) is 19.5 Å². The Balaban J connectivity index is 1.21. The first kappa shape index (κ1) is 20.5. The Kier molecular flexibility index (Phi) is 5.09. The zero-order chi connectivity index (χ0) is 22.3. The number of benzene rings is 2. The number of ether oxygens (including phenoxy) is 2. The number of fused-ring (bicyclic) bond motifs is 3. The van der Waals surface area contributed by atoms with Crippen molar-refractivity contribution < 1.29 is 29.0 Å². The Morgan fingerprint density at radius 1 is 1.00 bits per heavy atom. The molecule has 8 heteroatoms. The summed E-state index contributed by atoms with van der Waals surface area (Å²) in [6.45, 7) is 0.367. The second-order valence-corrected chi connectivity index (χ2v) is 8.59. The molecule has 2 amide bonds. The molecular formula is C24H24N2O6. The second-order valence-electron chi connectivity index (χ2n) is 8.59. The average Bonchev–Trinajstić information content (AvgIpc) is 3.29. The van der Waals surface area contributed by atoms with E-state index in [1.165, 1.54) is 0 Å². The molecule has 8 nitrogen and oxygen atoms in total. The number of aliphatic carboxylic acids is 1. The van der Waals surface area contributed by atoms with E-state index in [1.54, 1.807) is 0 Å². The van der Waals surface area contributed by atoms with Gasteiger partial charge < -0.3 is 25.2 Å². The molecule has 0 bridgehead atoms. The quantitative estimate of drug-likeness (QED) is 0.640. The van der Waals surface area contributed by atoms with Crippen LogP contribution in [0.4, 0.5) is 4.79 Å². The van der Waals surface area contributed by atoms with Crippen molar-refractivity contribution in [1.82, 2.24) is 10.6 Å². The Bertz CT molecular complexity index is 1030. The SMILES string of the molecule is O=C(NC1(C(=O)NC2COCC2C(=O)O)CC1)OCC1c2ccccc2-c2ccccc21. The first-order valence-corrected chi connectivity index (χ1v) is 10.7. The fourth-order valence-corrected chi connectivity index (χ4v) is 4.61. The molecule has 3 aliphatic rings. The van der Waals surface area contributed by atoms with Crippen LogP contribution in [0.1, 0.15) is 29.9 Å². The number of carbonyl (C=O) groups is 3. The van der Waals surface area contributed by atoms with Gasteiger partial charge in [-0.25, -0.2) is 4.79 Å². The number of amides is 2. The van der Waals surface area contributed by atoms with E-state index in [2.05, 4.69) is 22.8 Å². The van der Waals surface area contributed by atoms with Crippen molar-refractivity contribution in [2.75, 3.05) is 19.8 Å². The molecule has 3 N–H and O–H groups in total. The van der Waals surface area contributed by atoms with E-state index in [1.807, 2.05) is 36.4 Å². The third-order valence-electron chi connectivity index (χ3n) is 6.58. The summed E-state index contributed by atoms with van der Waals surface area (Å²) in [5, 5.41) is 14.7. The molecule has 1 saturated carbocycles. The number of rotatable bonds is 6. The van der Waals surface area contributed by atoms with Gasteiger partial charge in [-0.15, -0.1) is 0 Å². The Labute approximate surface area is 184 Å². The predicted molar refractivity (Wildman–Crippen MR) is 114 cm³/mol. The molecule has 0 aromatic heterocycles. The average molecular weight is 436 g/mol. The van der Waals surface area contributed by atoms with Gasteiger partial charge in [0.1, 0.15) is 18.1 Å². The van der Waals surface area contributed by atoms with Crippen molar-refractivity contribution in [2.24, 2.45) is 5.92 Å². The highest BCUT2D eigenvalue weighted by Crippen LogP contribution is 2.44. The van der Waals surface area contributed by atoms with E-state index in [4.69, 9.17) is 9.47 Å².